The highest BCUT2D eigenvalue weighted by atomic mass is 16.5. The lowest BCUT2D eigenvalue weighted by atomic mass is 10.0. The smallest absolute Gasteiger partial charge is 0.337 e. The zero-order valence-electron chi connectivity index (χ0n) is 11.0. The Morgan fingerprint density at radius 1 is 1.16 bits per heavy atom. The Kier molecular flexibility index (Phi) is 3.01. The summed E-state index contributed by atoms with van der Waals surface area (Å²) in [4.78, 5) is 25.3. The Hall–Kier alpha value is -1.84. The first-order chi connectivity index (χ1) is 9.19. The van der Waals surface area contributed by atoms with Crippen LogP contribution >= 0.6 is 0 Å². The van der Waals surface area contributed by atoms with Crippen molar-refractivity contribution in [3.63, 3.8) is 0 Å². The first kappa shape index (κ1) is 12.2. The van der Waals surface area contributed by atoms with Crippen molar-refractivity contribution in [3.8, 4) is 0 Å². The molecule has 4 nitrogen and oxygen atoms in total. The van der Waals surface area contributed by atoms with Crippen LogP contribution in [-0.2, 0) is 9.53 Å². The SMILES string of the molecule is COC(=O)c1ccc(N2C3CCC2CC(=O)C3)cc1. The van der Waals surface area contributed by atoms with Crippen LogP contribution in [0.5, 0.6) is 0 Å². The number of methoxy groups -OCH3 is 1. The second-order valence-electron chi connectivity index (χ2n) is 5.28. The van der Waals surface area contributed by atoms with E-state index in [-0.39, 0.29) is 5.97 Å². The summed E-state index contributed by atoms with van der Waals surface area (Å²) in [5.74, 6) is 0.0678. The Morgan fingerprint density at radius 2 is 1.74 bits per heavy atom. The highest BCUT2D eigenvalue weighted by Crippen LogP contribution is 2.37. The molecule has 2 aliphatic rings. The highest BCUT2D eigenvalue weighted by molar-refractivity contribution is 5.90. The number of hydrogen-bond donors (Lipinski definition) is 0. The van der Waals surface area contributed by atoms with Gasteiger partial charge in [0, 0.05) is 30.6 Å². The lowest BCUT2D eigenvalue weighted by Crippen LogP contribution is -2.43. The molecule has 1 aromatic carbocycles. The van der Waals surface area contributed by atoms with E-state index in [0.29, 0.717) is 36.3 Å². The number of ketones is 1. The van der Waals surface area contributed by atoms with Gasteiger partial charge in [0.1, 0.15) is 5.78 Å². The third kappa shape index (κ3) is 2.11. The fourth-order valence-corrected chi connectivity index (χ4v) is 3.28. The topological polar surface area (TPSA) is 46.6 Å². The van der Waals surface area contributed by atoms with Gasteiger partial charge in [0.25, 0.3) is 0 Å². The lowest BCUT2D eigenvalue weighted by Gasteiger charge is -2.36. The molecule has 100 valence electrons. The lowest BCUT2D eigenvalue weighted by molar-refractivity contribution is -0.120. The van der Waals surface area contributed by atoms with Gasteiger partial charge in [0.15, 0.2) is 0 Å². The van der Waals surface area contributed by atoms with Gasteiger partial charge in [-0.05, 0) is 37.1 Å². The molecule has 2 atom stereocenters. The summed E-state index contributed by atoms with van der Waals surface area (Å²) in [6.45, 7) is 0. The van der Waals surface area contributed by atoms with Gasteiger partial charge in [-0.1, -0.05) is 0 Å². The number of fused-ring (bicyclic) bond motifs is 2. The van der Waals surface area contributed by atoms with Crippen LogP contribution in [-0.4, -0.2) is 30.9 Å². The first-order valence-corrected chi connectivity index (χ1v) is 6.67. The maximum atomic E-state index is 11.6. The minimum absolute atomic E-state index is 0.316. The summed E-state index contributed by atoms with van der Waals surface area (Å²) in [6.07, 6.45) is 3.51. The molecule has 0 amide bonds. The molecule has 2 bridgehead atoms. The molecule has 4 heteroatoms. The van der Waals surface area contributed by atoms with E-state index in [9.17, 15) is 9.59 Å². The normalized spacial score (nSPS) is 25.5. The van der Waals surface area contributed by atoms with Crippen LogP contribution in [0, 0.1) is 0 Å². The summed E-state index contributed by atoms with van der Waals surface area (Å²) < 4.78 is 4.69. The van der Waals surface area contributed by atoms with Crippen LogP contribution in [0.3, 0.4) is 0 Å². The first-order valence-electron chi connectivity index (χ1n) is 6.67. The second kappa shape index (κ2) is 4.68. The fourth-order valence-electron chi connectivity index (χ4n) is 3.28. The molecule has 0 radical (unpaired) electrons. The van der Waals surface area contributed by atoms with Gasteiger partial charge in [-0.25, -0.2) is 4.79 Å². The largest absolute Gasteiger partial charge is 0.465 e. The molecular weight excluding hydrogens is 242 g/mol. The standard InChI is InChI=1S/C15H17NO3/c1-19-15(18)10-2-4-11(5-3-10)16-12-6-7-13(16)9-14(17)8-12/h2-5,12-13H,6-9H2,1H3. The average molecular weight is 259 g/mol. The van der Waals surface area contributed by atoms with Gasteiger partial charge >= 0.3 is 5.97 Å². The van der Waals surface area contributed by atoms with E-state index in [1.165, 1.54) is 7.11 Å². The molecule has 19 heavy (non-hydrogen) atoms. The van der Waals surface area contributed by atoms with Crippen molar-refractivity contribution >= 4 is 17.4 Å². The molecule has 0 aliphatic carbocycles. The second-order valence-corrected chi connectivity index (χ2v) is 5.28. The third-order valence-corrected chi connectivity index (χ3v) is 4.13. The maximum absolute atomic E-state index is 11.6. The van der Waals surface area contributed by atoms with E-state index in [0.717, 1.165) is 18.5 Å². The molecule has 2 fully saturated rings. The number of benzene rings is 1. The van der Waals surface area contributed by atoms with E-state index in [2.05, 4.69) is 4.90 Å². The molecule has 1 aromatic rings. The maximum Gasteiger partial charge on any atom is 0.337 e. The van der Waals surface area contributed by atoms with Crippen molar-refractivity contribution in [1.82, 2.24) is 0 Å². The third-order valence-electron chi connectivity index (χ3n) is 4.13. The van der Waals surface area contributed by atoms with Crippen molar-refractivity contribution in [2.24, 2.45) is 0 Å². The highest BCUT2D eigenvalue weighted by Gasteiger charge is 2.39. The molecule has 0 saturated carbocycles. The number of Topliss-reactive ketones (excluding diaryl/α,β-unsaturated/α-hetero) is 1. The summed E-state index contributed by atoms with van der Waals surface area (Å²) in [6, 6.07) is 8.17. The van der Waals surface area contributed by atoms with Crippen LogP contribution in [0.1, 0.15) is 36.0 Å². The molecule has 2 heterocycles. The minimum atomic E-state index is -0.316. The minimum Gasteiger partial charge on any atom is -0.465 e. The Bertz CT molecular complexity index is 493. The average Bonchev–Trinajstić information content (AvgIpc) is 2.70. The van der Waals surface area contributed by atoms with Gasteiger partial charge in [-0.3, -0.25) is 4.79 Å². The van der Waals surface area contributed by atoms with Gasteiger partial charge in [0.05, 0.1) is 12.7 Å². The number of carbonyl (C=O) groups is 2. The Labute approximate surface area is 112 Å². The predicted molar refractivity (Wildman–Crippen MR) is 71.3 cm³/mol. The zero-order chi connectivity index (χ0) is 13.4. The van der Waals surface area contributed by atoms with E-state index in [1.54, 1.807) is 12.1 Å². The fraction of sp³-hybridized carbons (Fsp3) is 0.467. The number of piperidine rings is 1. The van der Waals surface area contributed by atoms with Gasteiger partial charge < -0.3 is 9.64 Å². The molecule has 2 aliphatic heterocycles. The molecule has 0 N–H and O–H groups in total. The molecule has 0 aromatic heterocycles. The Morgan fingerprint density at radius 3 is 2.26 bits per heavy atom. The summed E-state index contributed by atoms with van der Waals surface area (Å²) in [5.41, 5.74) is 1.67. The Balaban J connectivity index is 1.83. The van der Waals surface area contributed by atoms with Gasteiger partial charge in [-0.15, -0.1) is 0 Å². The number of carbonyl (C=O) groups excluding carboxylic acids is 2. The van der Waals surface area contributed by atoms with E-state index >= 15 is 0 Å². The van der Waals surface area contributed by atoms with Gasteiger partial charge in [-0.2, -0.15) is 0 Å². The summed E-state index contributed by atoms with van der Waals surface area (Å²) in [5, 5.41) is 0. The van der Waals surface area contributed by atoms with Crippen LogP contribution < -0.4 is 4.90 Å². The van der Waals surface area contributed by atoms with Crippen molar-refractivity contribution in [3.05, 3.63) is 29.8 Å². The predicted octanol–water partition coefficient (Wildman–Crippen LogP) is 2.17. The number of rotatable bonds is 2. The number of hydrogen-bond acceptors (Lipinski definition) is 4. The van der Waals surface area contributed by atoms with Crippen molar-refractivity contribution in [1.29, 1.82) is 0 Å². The summed E-state index contributed by atoms with van der Waals surface area (Å²) in [7, 11) is 1.38. The number of nitrogens with zero attached hydrogens (tertiary/aromatic N) is 1. The zero-order valence-corrected chi connectivity index (χ0v) is 11.0. The van der Waals surface area contributed by atoms with Crippen LogP contribution in [0.25, 0.3) is 0 Å². The van der Waals surface area contributed by atoms with Crippen LogP contribution in [0.2, 0.25) is 0 Å². The quantitative estimate of drug-likeness (QED) is 0.764. The number of anilines is 1. The van der Waals surface area contributed by atoms with Crippen molar-refractivity contribution in [2.75, 3.05) is 12.0 Å². The van der Waals surface area contributed by atoms with Crippen LogP contribution in [0.4, 0.5) is 5.69 Å². The van der Waals surface area contributed by atoms with Crippen LogP contribution in [0.15, 0.2) is 24.3 Å². The molecule has 2 saturated heterocycles. The van der Waals surface area contributed by atoms with Crippen molar-refractivity contribution in [2.45, 2.75) is 37.8 Å². The monoisotopic (exact) mass is 259 g/mol. The van der Waals surface area contributed by atoms with E-state index in [4.69, 9.17) is 4.74 Å². The van der Waals surface area contributed by atoms with Crippen molar-refractivity contribution < 1.29 is 14.3 Å². The summed E-state index contributed by atoms with van der Waals surface area (Å²) >= 11 is 0. The number of esters is 1. The van der Waals surface area contributed by atoms with E-state index < -0.39 is 0 Å². The molecular formula is C15H17NO3. The molecule has 3 rings (SSSR count). The molecule has 2 unspecified atom stereocenters. The van der Waals surface area contributed by atoms with E-state index in [1.807, 2.05) is 12.1 Å². The number of ether oxygens (including phenoxy) is 1. The molecule has 0 spiro atoms. The van der Waals surface area contributed by atoms with Gasteiger partial charge in [0.2, 0.25) is 0 Å².